The Kier molecular flexibility index (Phi) is 4.24. The summed E-state index contributed by atoms with van der Waals surface area (Å²) in [6.45, 7) is 5.88. The van der Waals surface area contributed by atoms with Gasteiger partial charge in [-0.25, -0.2) is 8.42 Å². The summed E-state index contributed by atoms with van der Waals surface area (Å²) in [5.41, 5.74) is 1.45. The topological polar surface area (TPSA) is 55.8 Å². The van der Waals surface area contributed by atoms with Crippen molar-refractivity contribution < 1.29 is 17.9 Å². The summed E-state index contributed by atoms with van der Waals surface area (Å²) in [6.07, 6.45) is 1.58. The van der Waals surface area contributed by atoms with Gasteiger partial charge >= 0.3 is 0 Å². The van der Waals surface area contributed by atoms with Crippen LogP contribution in [0.2, 0.25) is 0 Å². The maximum absolute atomic E-state index is 13.2. The number of rotatable bonds is 4. The van der Waals surface area contributed by atoms with Gasteiger partial charge in [-0.15, -0.1) is 6.58 Å². The van der Waals surface area contributed by atoms with E-state index in [9.17, 15) is 8.42 Å². The van der Waals surface area contributed by atoms with Gasteiger partial charge < -0.3 is 9.47 Å². The highest BCUT2D eigenvalue weighted by atomic mass is 32.2. The van der Waals surface area contributed by atoms with Crippen molar-refractivity contribution in [3.63, 3.8) is 0 Å². The molecule has 6 heteroatoms. The van der Waals surface area contributed by atoms with E-state index in [1.807, 2.05) is 6.92 Å². The van der Waals surface area contributed by atoms with Crippen LogP contribution in [0.25, 0.3) is 0 Å². The van der Waals surface area contributed by atoms with Crippen molar-refractivity contribution >= 4 is 15.7 Å². The van der Waals surface area contributed by atoms with Gasteiger partial charge in [0.05, 0.1) is 23.7 Å². The molecule has 0 aliphatic carbocycles. The minimum Gasteiger partial charge on any atom is -0.497 e. The van der Waals surface area contributed by atoms with Gasteiger partial charge in [0.15, 0.2) is 0 Å². The van der Waals surface area contributed by atoms with Crippen molar-refractivity contribution in [2.45, 2.75) is 17.9 Å². The highest BCUT2D eigenvalue weighted by molar-refractivity contribution is 7.92. The van der Waals surface area contributed by atoms with E-state index >= 15 is 0 Å². The third-order valence-electron chi connectivity index (χ3n) is 3.96. The zero-order valence-electron chi connectivity index (χ0n) is 13.6. The second kappa shape index (κ2) is 6.20. The van der Waals surface area contributed by atoms with Crippen LogP contribution in [0.1, 0.15) is 5.56 Å². The van der Waals surface area contributed by atoms with E-state index in [4.69, 9.17) is 9.47 Å². The van der Waals surface area contributed by atoms with Crippen LogP contribution in [-0.2, 0) is 10.0 Å². The monoisotopic (exact) mass is 345 g/mol. The Morgan fingerprint density at radius 3 is 2.58 bits per heavy atom. The van der Waals surface area contributed by atoms with Gasteiger partial charge in [0.1, 0.15) is 18.1 Å². The highest BCUT2D eigenvalue weighted by Crippen LogP contribution is 2.40. The van der Waals surface area contributed by atoms with Crippen LogP contribution in [0, 0.1) is 6.92 Å². The molecule has 2 aromatic rings. The van der Waals surface area contributed by atoms with Crippen molar-refractivity contribution in [2.75, 3.05) is 18.0 Å². The maximum Gasteiger partial charge on any atom is 0.265 e. The molecule has 0 amide bonds. The molecule has 0 aromatic heterocycles. The number of ether oxygens (including phenoxy) is 2. The molecule has 1 aliphatic heterocycles. The normalized spacial score (nSPS) is 16.9. The molecule has 0 saturated carbocycles. The molecule has 0 spiro atoms. The SMILES string of the molecule is C=C[C@@H]1COc2ccc(OC)cc2N1S(=O)(=O)c1ccc(C)cc1. The summed E-state index contributed by atoms with van der Waals surface area (Å²) in [4.78, 5) is 0.232. The van der Waals surface area contributed by atoms with E-state index in [1.165, 1.54) is 11.4 Å². The number of aryl methyl sites for hydroxylation is 1. The van der Waals surface area contributed by atoms with Crippen LogP contribution in [0.3, 0.4) is 0 Å². The Morgan fingerprint density at radius 2 is 1.96 bits per heavy atom. The van der Waals surface area contributed by atoms with Crippen LogP contribution in [0.4, 0.5) is 5.69 Å². The standard InChI is InChI=1S/C18H19NO4S/c1-4-14-12-23-18-10-7-15(22-3)11-17(18)19(14)24(20,21)16-8-5-13(2)6-9-16/h4-11,14H,1,12H2,2-3H3/t14-/m1/s1. The van der Waals surface area contributed by atoms with Crippen molar-refractivity contribution in [1.82, 2.24) is 0 Å². The first-order chi connectivity index (χ1) is 11.5. The minimum absolute atomic E-state index is 0.216. The lowest BCUT2D eigenvalue weighted by Gasteiger charge is -2.36. The Hall–Kier alpha value is -2.47. The van der Waals surface area contributed by atoms with Gasteiger partial charge in [0.2, 0.25) is 0 Å². The van der Waals surface area contributed by atoms with Crippen LogP contribution in [-0.4, -0.2) is 28.2 Å². The van der Waals surface area contributed by atoms with E-state index in [-0.39, 0.29) is 11.5 Å². The molecule has 0 unspecified atom stereocenters. The molecule has 5 nitrogen and oxygen atoms in total. The number of anilines is 1. The Balaban J connectivity index is 2.17. The van der Waals surface area contributed by atoms with Gasteiger partial charge in [-0.3, -0.25) is 4.31 Å². The quantitative estimate of drug-likeness (QED) is 0.799. The van der Waals surface area contributed by atoms with Crippen LogP contribution in [0.5, 0.6) is 11.5 Å². The van der Waals surface area contributed by atoms with Gasteiger partial charge in [0.25, 0.3) is 10.0 Å². The Bertz CT molecular complexity index is 859. The third kappa shape index (κ3) is 2.73. The fourth-order valence-corrected chi connectivity index (χ4v) is 4.25. The summed E-state index contributed by atoms with van der Waals surface area (Å²) in [6, 6.07) is 11.4. The number of hydrogen-bond acceptors (Lipinski definition) is 4. The highest BCUT2D eigenvalue weighted by Gasteiger charge is 2.36. The molecule has 24 heavy (non-hydrogen) atoms. The lowest BCUT2D eigenvalue weighted by molar-refractivity contribution is 0.291. The second-order valence-corrected chi connectivity index (χ2v) is 7.38. The van der Waals surface area contributed by atoms with Crippen molar-refractivity contribution in [3.05, 3.63) is 60.7 Å². The largest absolute Gasteiger partial charge is 0.497 e. The second-order valence-electron chi connectivity index (χ2n) is 5.56. The molecule has 0 bridgehead atoms. The van der Waals surface area contributed by atoms with Crippen molar-refractivity contribution in [2.24, 2.45) is 0 Å². The van der Waals surface area contributed by atoms with Gasteiger partial charge in [-0.05, 0) is 31.2 Å². The van der Waals surface area contributed by atoms with Crippen LogP contribution in [0.15, 0.2) is 60.0 Å². The average Bonchev–Trinajstić information content (AvgIpc) is 2.60. The molecule has 3 rings (SSSR count). The lowest BCUT2D eigenvalue weighted by atomic mass is 10.2. The summed E-state index contributed by atoms with van der Waals surface area (Å²) in [5.74, 6) is 1.07. The number of methoxy groups -OCH3 is 1. The first kappa shape index (κ1) is 16.4. The molecular weight excluding hydrogens is 326 g/mol. The Labute approximate surface area is 142 Å². The fraction of sp³-hybridized carbons (Fsp3) is 0.222. The van der Waals surface area contributed by atoms with Crippen molar-refractivity contribution in [1.29, 1.82) is 0 Å². The molecule has 126 valence electrons. The van der Waals surface area contributed by atoms with E-state index in [0.29, 0.717) is 17.2 Å². The number of nitrogens with zero attached hydrogens (tertiary/aromatic N) is 1. The number of hydrogen-bond donors (Lipinski definition) is 0. The predicted octanol–water partition coefficient (Wildman–Crippen LogP) is 3.15. The molecule has 0 N–H and O–H groups in total. The molecule has 0 saturated heterocycles. The number of fused-ring (bicyclic) bond motifs is 1. The Morgan fingerprint density at radius 1 is 1.25 bits per heavy atom. The molecule has 0 fully saturated rings. The van der Waals surface area contributed by atoms with E-state index in [1.54, 1.807) is 48.5 Å². The zero-order valence-corrected chi connectivity index (χ0v) is 14.4. The number of benzene rings is 2. The summed E-state index contributed by atoms with van der Waals surface area (Å²) in [7, 11) is -2.22. The summed E-state index contributed by atoms with van der Waals surface area (Å²) in [5, 5.41) is 0. The van der Waals surface area contributed by atoms with Gasteiger partial charge in [-0.1, -0.05) is 23.8 Å². The summed E-state index contributed by atoms with van der Waals surface area (Å²) >= 11 is 0. The molecule has 0 radical (unpaired) electrons. The molecule has 1 heterocycles. The molecular formula is C18H19NO4S. The zero-order chi connectivity index (χ0) is 17.3. The van der Waals surface area contributed by atoms with Gasteiger partial charge in [0, 0.05) is 6.07 Å². The average molecular weight is 345 g/mol. The van der Waals surface area contributed by atoms with E-state index in [0.717, 1.165) is 5.56 Å². The van der Waals surface area contributed by atoms with Crippen molar-refractivity contribution in [3.8, 4) is 11.5 Å². The summed E-state index contributed by atoms with van der Waals surface area (Å²) < 4.78 is 38.7. The minimum atomic E-state index is -3.75. The first-order valence-corrected chi connectivity index (χ1v) is 8.96. The maximum atomic E-state index is 13.2. The fourth-order valence-electron chi connectivity index (χ4n) is 2.64. The van der Waals surface area contributed by atoms with Crippen LogP contribution < -0.4 is 13.8 Å². The lowest BCUT2D eigenvalue weighted by Crippen LogP contribution is -2.45. The van der Waals surface area contributed by atoms with E-state index < -0.39 is 16.1 Å². The smallest absolute Gasteiger partial charge is 0.265 e. The number of sulfonamides is 1. The van der Waals surface area contributed by atoms with Crippen LogP contribution >= 0.6 is 0 Å². The first-order valence-electron chi connectivity index (χ1n) is 7.52. The molecule has 1 atom stereocenters. The third-order valence-corrected chi connectivity index (χ3v) is 5.82. The molecule has 1 aliphatic rings. The van der Waals surface area contributed by atoms with E-state index in [2.05, 4.69) is 6.58 Å². The predicted molar refractivity (Wildman–Crippen MR) is 93.3 cm³/mol. The van der Waals surface area contributed by atoms with Gasteiger partial charge in [-0.2, -0.15) is 0 Å². The molecule has 2 aromatic carbocycles.